The van der Waals surface area contributed by atoms with E-state index in [9.17, 15) is 18.4 Å². The Hall–Kier alpha value is -4.18. The van der Waals surface area contributed by atoms with Gasteiger partial charge in [0.1, 0.15) is 11.6 Å². The number of amides is 1. The smallest absolute Gasteiger partial charge is 0.341 e. The van der Waals surface area contributed by atoms with Gasteiger partial charge in [0, 0.05) is 0 Å². The fourth-order valence-electron chi connectivity index (χ4n) is 3.18. The van der Waals surface area contributed by atoms with E-state index >= 15 is 0 Å². The lowest BCUT2D eigenvalue weighted by molar-refractivity contribution is -0.139. The Bertz CT molecular complexity index is 1320. The zero-order chi connectivity index (χ0) is 24.9. The summed E-state index contributed by atoms with van der Waals surface area (Å²) in [5.41, 5.74) is 1.46. The summed E-state index contributed by atoms with van der Waals surface area (Å²) in [6.07, 6.45) is 1.63. The molecule has 0 atom stereocenters. The number of aliphatic carboxylic acids is 1. The number of nitrogens with zero attached hydrogens (tertiary/aromatic N) is 2. The second-order valence-electron chi connectivity index (χ2n) is 7.19. The van der Waals surface area contributed by atoms with Gasteiger partial charge in [-0.15, -0.1) is 0 Å². The molecular formula is C25H18F2N2O5S. The number of amidine groups is 1. The second-order valence-corrected chi connectivity index (χ2v) is 8.20. The Morgan fingerprint density at radius 3 is 2.31 bits per heavy atom. The van der Waals surface area contributed by atoms with Gasteiger partial charge in [-0.1, -0.05) is 6.07 Å². The predicted molar refractivity (Wildman–Crippen MR) is 129 cm³/mol. The highest BCUT2D eigenvalue weighted by atomic mass is 32.2. The first-order valence-corrected chi connectivity index (χ1v) is 11.0. The van der Waals surface area contributed by atoms with Crippen LogP contribution in [0.25, 0.3) is 6.08 Å². The molecule has 7 nitrogen and oxygen atoms in total. The number of anilines is 1. The molecule has 1 aliphatic heterocycles. The molecule has 0 radical (unpaired) electrons. The summed E-state index contributed by atoms with van der Waals surface area (Å²) in [5, 5.41) is 9.13. The Morgan fingerprint density at radius 1 is 1.03 bits per heavy atom. The van der Waals surface area contributed by atoms with E-state index < -0.39 is 24.2 Å². The summed E-state index contributed by atoms with van der Waals surface area (Å²) >= 11 is 1.10. The van der Waals surface area contributed by atoms with Crippen LogP contribution in [-0.2, 0) is 9.59 Å². The normalized spacial score (nSPS) is 15.6. The van der Waals surface area contributed by atoms with Gasteiger partial charge >= 0.3 is 5.97 Å². The van der Waals surface area contributed by atoms with Crippen molar-refractivity contribution < 1.29 is 33.0 Å². The van der Waals surface area contributed by atoms with Gasteiger partial charge in [0.25, 0.3) is 5.91 Å². The molecule has 1 saturated heterocycles. The number of thioether (sulfide) groups is 1. The number of carbonyl (C=O) groups excluding carboxylic acids is 1. The number of aliphatic imine (C=N–C) groups is 1. The third-order valence-corrected chi connectivity index (χ3v) is 5.75. The van der Waals surface area contributed by atoms with Crippen LogP contribution in [0.4, 0.5) is 20.2 Å². The van der Waals surface area contributed by atoms with Gasteiger partial charge in [0.05, 0.1) is 23.4 Å². The minimum absolute atomic E-state index is 0.244. The molecular weight excluding hydrogens is 478 g/mol. The number of methoxy groups -OCH3 is 1. The highest BCUT2D eigenvalue weighted by Crippen LogP contribution is 2.38. The van der Waals surface area contributed by atoms with Crippen LogP contribution in [0, 0.1) is 11.6 Å². The largest absolute Gasteiger partial charge is 0.493 e. The Morgan fingerprint density at radius 2 is 1.69 bits per heavy atom. The molecule has 1 aliphatic rings. The molecule has 0 aliphatic carbocycles. The number of hydrogen-bond acceptors (Lipinski definition) is 6. The van der Waals surface area contributed by atoms with Gasteiger partial charge in [0.2, 0.25) is 0 Å². The molecule has 0 aromatic heterocycles. The summed E-state index contributed by atoms with van der Waals surface area (Å²) in [7, 11) is 1.42. The van der Waals surface area contributed by atoms with E-state index in [2.05, 4.69) is 4.99 Å². The molecule has 4 rings (SSSR count). The van der Waals surface area contributed by atoms with Crippen molar-refractivity contribution in [3.63, 3.8) is 0 Å². The highest BCUT2D eigenvalue weighted by Gasteiger charge is 2.34. The van der Waals surface area contributed by atoms with Crippen LogP contribution in [0.1, 0.15) is 5.56 Å². The van der Waals surface area contributed by atoms with Crippen molar-refractivity contribution in [2.24, 2.45) is 4.99 Å². The summed E-state index contributed by atoms with van der Waals surface area (Å²) in [6, 6.07) is 15.7. The lowest BCUT2D eigenvalue weighted by atomic mass is 10.2. The average molecular weight is 496 g/mol. The zero-order valence-electron chi connectivity index (χ0n) is 18.3. The van der Waals surface area contributed by atoms with Crippen LogP contribution in [-0.4, -0.2) is 35.9 Å². The second kappa shape index (κ2) is 10.4. The quantitative estimate of drug-likeness (QED) is 0.450. The fourth-order valence-corrected chi connectivity index (χ4v) is 4.18. The lowest BCUT2D eigenvalue weighted by Crippen LogP contribution is -2.28. The lowest BCUT2D eigenvalue weighted by Gasteiger charge is -2.15. The maximum absolute atomic E-state index is 13.5. The number of carbonyl (C=O) groups is 2. The van der Waals surface area contributed by atoms with Gasteiger partial charge in [0.15, 0.2) is 23.3 Å². The Balaban J connectivity index is 1.70. The van der Waals surface area contributed by atoms with Crippen molar-refractivity contribution in [2.45, 2.75) is 0 Å². The Kier molecular flexibility index (Phi) is 7.11. The van der Waals surface area contributed by atoms with Crippen LogP contribution in [0.2, 0.25) is 0 Å². The number of benzene rings is 3. The van der Waals surface area contributed by atoms with Crippen molar-refractivity contribution in [3.8, 4) is 11.5 Å². The number of rotatable bonds is 7. The highest BCUT2D eigenvalue weighted by molar-refractivity contribution is 8.19. The van der Waals surface area contributed by atoms with E-state index in [0.717, 1.165) is 11.8 Å². The van der Waals surface area contributed by atoms with Crippen molar-refractivity contribution in [1.82, 2.24) is 0 Å². The van der Waals surface area contributed by atoms with Crippen LogP contribution in [0.15, 0.2) is 76.6 Å². The van der Waals surface area contributed by atoms with Gasteiger partial charge in [-0.05, 0) is 84.1 Å². The number of ether oxygens (including phenoxy) is 2. The molecule has 1 amide bonds. The summed E-state index contributed by atoms with van der Waals surface area (Å²) in [6.45, 7) is -0.527. The van der Waals surface area contributed by atoms with Crippen molar-refractivity contribution >= 4 is 46.3 Å². The minimum atomic E-state index is -1.12. The van der Waals surface area contributed by atoms with Crippen LogP contribution in [0.3, 0.4) is 0 Å². The Labute approximate surface area is 203 Å². The van der Waals surface area contributed by atoms with Gasteiger partial charge in [-0.3, -0.25) is 9.69 Å². The van der Waals surface area contributed by atoms with Crippen LogP contribution < -0.4 is 14.4 Å². The molecule has 0 unspecified atom stereocenters. The van der Waals surface area contributed by atoms with Crippen molar-refractivity contribution in [1.29, 1.82) is 0 Å². The molecule has 0 saturated carbocycles. The summed E-state index contributed by atoms with van der Waals surface area (Å²) in [5.74, 6) is -1.82. The third kappa shape index (κ3) is 5.67. The maximum Gasteiger partial charge on any atom is 0.341 e. The molecule has 1 N–H and O–H groups in total. The van der Waals surface area contributed by atoms with E-state index in [1.807, 2.05) is 0 Å². The maximum atomic E-state index is 13.5. The first-order valence-electron chi connectivity index (χ1n) is 10.2. The van der Waals surface area contributed by atoms with E-state index in [0.29, 0.717) is 32.8 Å². The van der Waals surface area contributed by atoms with Crippen molar-refractivity contribution in [3.05, 3.63) is 88.8 Å². The standard InChI is InChI=1S/C25H18F2N2O5S/c1-33-21-12-15(2-11-20(21)34-14-23(30)31)13-22-24(32)29(19-9-5-17(27)6-10-19)25(35-22)28-18-7-3-16(26)4-8-18/h2-13H,14H2,1H3,(H,30,31)/b22-13+,28-25?. The summed E-state index contributed by atoms with van der Waals surface area (Å²) < 4.78 is 37.3. The first-order chi connectivity index (χ1) is 16.8. The molecule has 1 fully saturated rings. The molecule has 0 spiro atoms. The number of halogens is 2. The first kappa shape index (κ1) is 24.0. The summed E-state index contributed by atoms with van der Waals surface area (Å²) in [4.78, 5) is 30.3. The van der Waals surface area contributed by atoms with E-state index in [1.165, 1.54) is 60.5 Å². The molecule has 3 aromatic rings. The average Bonchev–Trinajstić information content (AvgIpc) is 3.14. The monoisotopic (exact) mass is 496 g/mol. The zero-order valence-corrected chi connectivity index (χ0v) is 19.1. The number of carboxylic acid groups (broad SMARTS) is 1. The molecule has 178 valence electrons. The molecule has 10 heteroatoms. The number of carboxylic acids is 1. The van der Waals surface area contributed by atoms with Gasteiger partial charge < -0.3 is 14.6 Å². The van der Waals surface area contributed by atoms with Crippen LogP contribution >= 0.6 is 11.8 Å². The topological polar surface area (TPSA) is 88.4 Å². The van der Waals surface area contributed by atoms with E-state index in [4.69, 9.17) is 14.6 Å². The van der Waals surface area contributed by atoms with Gasteiger partial charge in [-0.2, -0.15) is 0 Å². The molecule has 35 heavy (non-hydrogen) atoms. The minimum Gasteiger partial charge on any atom is -0.493 e. The number of hydrogen-bond donors (Lipinski definition) is 1. The van der Waals surface area contributed by atoms with E-state index in [-0.39, 0.29) is 11.7 Å². The molecule has 0 bridgehead atoms. The molecule has 3 aromatic carbocycles. The fraction of sp³-hybridized carbons (Fsp3) is 0.0800. The van der Waals surface area contributed by atoms with E-state index in [1.54, 1.807) is 24.3 Å². The van der Waals surface area contributed by atoms with Gasteiger partial charge in [-0.25, -0.2) is 18.6 Å². The predicted octanol–water partition coefficient (Wildman–Crippen LogP) is 5.25. The van der Waals surface area contributed by atoms with Crippen LogP contribution in [0.5, 0.6) is 11.5 Å². The van der Waals surface area contributed by atoms with Crippen molar-refractivity contribution in [2.75, 3.05) is 18.6 Å². The molecule has 1 heterocycles. The SMILES string of the molecule is COc1cc(/C=C2/SC(=Nc3ccc(F)cc3)N(c3ccc(F)cc3)C2=O)ccc1OCC(=O)O. The third-order valence-electron chi connectivity index (χ3n) is 4.78.